The number of carbonyl (C=O) groups is 1. The van der Waals surface area contributed by atoms with E-state index in [-0.39, 0.29) is 17.2 Å². The first kappa shape index (κ1) is 20.1. The zero-order chi connectivity index (χ0) is 20.4. The second kappa shape index (κ2) is 8.66. The SMILES string of the molecule is Cc1sc(NC(=O)CSCc2cc(=O)n3ccsc3n2)nc1-c1ccc(Cl)cc1. The Morgan fingerprint density at radius 3 is 2.86 bits per heavy atom. The number of benzene rings is 1. The fourth-order valence-electron chi connectivity index (χ4n) is 2.69. The molecule has 3 heterocycles. The first-order valence-electron chi connectivity index (χ1n) is 8.56. The summed E-state index contributed by atoms with van der Waals surface area (Å²) in [5.41, 5.74) is 2.36. The van der Waals surface area contributed by atoms with E-state index in [4.69, 9.17) is 11.6 Å². The van der Waals surface area contributed by atoms with Gasteiger partial charge in [-0.2, -0.15) is 0 Å². The van der Waals surface area contributed by atoms with Crippen LogP contribution in [0.25, 0.3) is 16.2 Å². The van der Waals surface area contributed by atoms with Gasteiger partial charge in [-0.25, -0.2) is 9.97 Å². The van der Waals surface area contributed by atoms with E-state index in [1.807, 2.05) is 36.6 Å². The van der Waals surface area contributed by atoms with Crippen LogP contribution in [-0.4, -0.2) is 26.0 Å². The van der Waals surface area contributed by atoms with Crippen LogP contribution in [0.2, 0.25) is 5.02 Å². The van der Waals surface area contributed by atoms with Gasteiger partial charge in [-0.1, -0.05) is 23.7 Å². The van der Waals surface area contributed by atoms with Crippen LogP contribution in [0.5, 0.6) is 0 Å². The Kier molecular flexibility index (Phi) is 6.00. The Hall–Kier alpha value is -2.20. The molecule has 4 aromatic rings. The average molecular weight is 463 g/mol. The van der Waals surface area contributed by atoms with Gasteiger partial charge in [0.15, 0.2) is 10.1 Å². The largest absolute Gasteiger partial charge is 0.301 e. The number of anilines is 1. The van der Waals surface area contributed by atoms with Gasteiger partial charge in [-0.05, 0) is 19.1 Å². The number of halogens is 1. The fourth-order valence-corrected chi connectivity index (χ4v) is 5.12. The van der Waals surface area contributed by atoms with Gasteiger partial charge < -0.3 is 5.32 Å². The number of aromatic nitrogens is 3. The van der Waals surface area contributed by atoms with Gasteiger partial charge in [0.05, 0.1) is 17.1 Å². The Bertz CT molecular complexity index is 1230. The third-order valence-electron chi connectivity index (χ3n) is 4.00. The lowest BCUT2D eigenvalue weighted by atomic mass is 10.1. The molecule has 0 atom stereocenters. The molecule has 10 heteroatoms. The number of aryl methyl sites for hydroxylation is 1. The van der Waals surface area contributed by atoms with E-state index in [1.165, 1.54) is 44.9 Å². The van der Waals surface area contributed by atoms with E-state index in [1.54, 1.807) is 6.20 Å². The molecule has 0 saturated carbocycles. The third-order valence-corrected chi connectivity index (χ3v) is 6.86. The van der Waals surface area contributed by atoms with Crippen LogP contribution in [0.15, 0.2) is 46.7 Å². The number of fused-ring (bicyclic) bond motifs is 1. The van der Waals surface area contributed by atoms with Gasteiger partial charge in [0.1, 0.15) is 0 Å². The number of hydrogen-bond acceptors (Lipinski definition) is 7. The summed E-state index contributed by atoms with van der Waals surface area (Å²) in [6, 6.07) is 8.96. The van der Waals surface area contributed by atoms with Gasteiger partial charge in [-0.3, -0.25) is 14.0 Å². The molecule has 1 amide bonds. The number of amides is 1. The van der Waals surface area contributed by atoms with E-state index in [0.29, 0.717) is 26.6 Å². The number of hydrogen-bond donors (Lipinski definition) is 1. The molecular weight excluding hydrogens is 448 g/mol. The zero-order valence-electron chi connectivity index (χ0n) is 15.2. The van der Waals surface area contributed by atoms with Crippen molar-refractivity contribution in [2.45, 2.75) is 12.7 Å². The number of thioether (sulfide) groups is 1. The van der Waals surface area contributed by atoms with Gasteiger partial charge in [0.25, 0.3) is 5.56 Å². The van der Waals surface area contributed by atoms with E-state index in [0.717, 1.165) is 16.1 Å². The third kappa shape index (κ3) is 4.69. The standard InChI is InChI=1S/C19H15ClN4O2S3/c1-11-17(12-2-4-13(20)5-3-12)23-18(29-11)22-15(25)10-27-9-14-8-16(26)24-6-7-28-19(24)21-14/h2-8H,9-10H2,1H3,(H,22,23,25). The van der Waals surface area contributed by atoms with Crippen LogP contribution in [0, 0.1) is 6.92 Å². The first-order valence-corrected chi connectivity index (χ1v) is 11.8. The Balaban J connectivity index is 1.35. The topological polar surface area (TPSA) is 76.4 Å². The fraction of sp³-hybridized carbons (Fsp3) is 0.158. The van der Waals surface area contributed by atoms with Crippen molar-refractivity contribution in [3.05, 3.63) is 67.9 Å². The molecular formula is C19H15ClN4O2S3. The number of nitrogens with one attached hydrogen (secondary N) is 1. The molecule has 148 valence electrons. The maximum atomic E-state index is 12.3. The summed E-state index contributed by atoms with van der Waals surface area (Å²) in [5.74, 6) is 0.602. The molecule has 0 fully saturated rings. The van der Waals surface area contributed by atoms with Gasteiger partial charge in [0, 0.05) is 38.9 Å². The summed E-state index contributed by atoms with van der Waals surface area (Å²) in [6.07, 6.45) is 1.70. The highest BCUT2D eigenvalue weighted by Gasteiger charge is 2.12. The molecule has 0 aliphatic heterocycles. The lowest BCUT2D eigenvalue weighted by molar-refractivity contribution is -0.113. The van der Waals surface area contributed by atoms with Gasteiger partial charge in [-0.15, -0.1) is 34.4 Å². The van der Waals surface area contributed by atoms with Crippen LogP contribution in [0.3, 0.4) is 0 Å². The minimum Gasteiger partial charge on any atom is -0.301 e. The molecule has 29 heavy (non-hydrogen) atoms. The van der Waals surface area contributed by atoms with Crippen molar-refractivity contribution in [3.8, 4) is 11.3 Å². The van der Waals surface area contributed by atoms with Gasteiger partial charge in [0.2, 0.25) is 5.91 Å². The molecule has 0 radical (unpaired) electrons. The highest BCUT2D eigenvalue weighted by Crippen LogP contribution is 2.31. The molecule has 4 rings (SSSR count). The van der Waals surface area contributed by atoms with E-state index < -0.39 is 0 Å². The van der Waals surface area contributed by atoms with Crippen LogP contribution in [0.4, 0.5) is 5.13 Å². The molecule has 1 aromatic carbocycles. The van der Waals surface area contributed by atoms with Crippen LogP contribution >= 0.6 is 46.0 Å². The summed E-state index contributed by atoms with van der Waals surface area (Å²) in [6.45, 7) is 1.97. The normalized spacial score (nSPS) is 11.1. The average Bonchev–Trinajstić information content (AvgIpc) is 3.29. The number of nitrogens with zero attached hydrogens (tertiary/aromatic N) is 3. The van der Waals surface area contributed by atoms with Crippen molar-refractivity contribution in [1.29, 1.82) is 0 Å². The number of rotatable bonds is 6. The summed E-state index contributed by atoms with van der Waals surface area (Å²) in [5, 5.41) is 5.90. The molecule has 0 aliphatic carbocycles. The first-order chi connectivity index (χ1) is 14.0. The second-order valence-corrected chi connectivity index (χ2v) is 9.61. The summed E-state index contributed by atoms with van der Waals surface area (Å²) in [4.78, 5) is 34.9. The Morgan fingerprint density at radius 1 is 1.28 bits per heavy atom. The molecule has 0 aliphatic rings. The van der Waals surface area contributed by atoms with Crippen molar-refractivity contribution >= 4 is 62.0 Å². The molecule has 1 N–H and O–H groups in total. The Morgan fingerprint density at radius 2 is 2.07 bits per heavy atom. The Labute approximate surface area is 183 Å². The maximum absolute atomic E-state index is 12.3. The van der Waals surface area contributed by atoms with Gasteiger partial charge >= 0.3 is 0 Å². The van der Waals surface area contributed by atoms with E-state index in [9.17, 15) is 9.59 Å². The maximum Gasteiger partial charge on any atom is 0.258 e. The summed E-state index contributed by atoms with van der Waals surface area (Å²) in [7, 11) is 0. The molecule has 0 bridgehead atoms. The highest BCUT2D eigenvalue weighted by atomic mass is 35.5. The molecule has 6 nitrogen and oxygen atoms in total. The number of carbonyl (C=O) groups excluding carboxylic acids is 1. The van der Waals surface area contributed by atoms with Crippen LogP contribution in [-0.2, 0) is 10.5 Å². The van der Waals surface area contributed by atoms with Crippen LogP contribution in [0.1, 0.15) is 10.6 Å². The lowest BCUT2D eigenvalue weighted by Crippen LogP contribution is -2.15. The molecule has 3 aromatic heterocycles. The van der Waals surface area contributed by atoms with Crippen LogP contribution < -0.4 is 10.9 Å². The minimum atomic E-state index is -0.139. The van der Waals surface area contributed by atoms with Crippen molar-refractivity contribution < 1.29 is 4.79 Å². The predicted molar refractivity (Wildman–Crippen MR) is 121 cm³/mol. The zero-order valence-corrected chi connectivity index (χ0v) is 18.4. The molecule has 0 saturated heterocycles. The van der Waals surface area contributed by atoms with Crippen molar-refractivity contribution in [3.63, 3.8) is 0 Å². The quantitative estimate of drug-likeness (QED) is 0.449. The van der Waals surface area contributed by atoms with Crippen molar-refractivity contribution in [2.75, 3.05) is 11.1 Å². The van der Waals surface area contributed by atoms with Crippen molar-refractivity contribution in [1.82, 2.24) is 14.4 Å². The minimum absolute atomic E-state index is 0.107. The highest BCUT2D eigenvalue weighted by molar-refractivity contribution is 7.99. The van der Waals surface area contributed by atoms with E-state index >= 15 is 0 Å². The lowest BCUT2D eigenvalue weighted by Gasteiger charge is -2.02. The summed E-state index contributed by atoms with van der Waals surface area (Å²) >= 11 is 10.2. The number of thiazole rings is 2. The molecule has 0 unspecified atom stereocenters. The second-order valence-electron chi connectivity index (χ2n) is 6.11. The smallest absolute Gasteiger partial charge is 0.258 e. The monoisotopic (exact) mass is 462 g/mol. The van der Waals surface area contributed by atoms with E-state index in [2.05, 4.69) is 15.3 Å². The predicted octanol–water partition coefficient (Wildman–Crippen LogP) is 4.71. The molecule has 0 spiro atoms. The van der Waals surface area contributed by atoms with Crippen molar-refractivity contribution in [2.24, 2.45) is 0 Å². The summed E-state index contributed by atoms with van der Waals surface area (Å²) < 4.78 is 1.51.